The van der Waals surface area contributed by atoms with Gasteiger partial charge < -0.3 is 19.3 Å². The number of hydrogen-bond donors (Lipinski definition) is 1. The van der Waals surface area contributed by atoms with Crippen LogP contribution in [0.3, 0.4) is 0 Å². The molecule has 0 saturated carbocycles. The second-order valence-electron chi connectivity index (χ2n) is 7.84. The van der Waals surface area contributed by atoms with Crippen molar-refractivity contribution in [3.8, 4) is 22.9 Å². The predicted octanol–water partition coefficient (Wildman–Crippen LogP) is 2.92. The maximum Gasteiger partial charge on any atom is 0.252 e. The van der Waals surface area contributed by atoms with E-state index in [1.54, 1.807) is 36.6 Å². The van der Waals surface area contributed by atoms with Gasteiger partial charge in [0.15, 0.2) is 11.5 Å². The third-order valence-electron chi connectivity index (χ3n) is 5.52. The van der Waals surface area contributed by atoms with Crippen LogP contribution in [0.4, 0.5) is 5.69 Å². The highest BCUT2D eigenvalue weighted by Crippen LogP contribution is 2.34. The first kappa shape index (κ1) is 21.9. The molecule has 2 aromatic heterocycles. The van der Waals surface area contributed by atoms with E-state index < -0.39 is 15.9 Å². The first-order valence-corrected chi connectivity index (χ1v) is 12.8. The number of sulfonamides is 1. The summed E-state index contributed by atoms with van der Waals surface area (Å²) in [5.74, 6) is 1.29. The summed E-state index contributed by atoms with van der Waals surface area (Å²) in [6.07, 6.45) is 1.21. The Labute approximate surface area is 194 Å². The highest BCUT2D eigenvalue weighted by Gasteiger charge is 2.34. The fourth-order valence-electron chi connectivity index (χ4n) is 3.85. The molecule has 1 saturated heterocycles. The van der Waals surface area contributed by atoms with Gasteiger partial charge in [0.05, 0.1) is 5.92 Å². The molecule has 3 aromatic rings. The van der Waals surface area contributed by atoms with Crippen LogP contribution in [0, 0.1) is 12.8 Å². The van der Waals surface area contributed by atoms with Crippen molar-refractivity contribution < 1.29 is 27.2 Å². The van der Waals surface area contributed by atoms with Gasteiger partial charge in [-0.05, 0) is 31.0 Å². The normalized spacial score (nSPS) is 18.8. The number of nitrogens with one attached hydrogen (secondary N) is 1. The van der Waals surface area contributed by atoms with E-state index >= 15 is 0 Å². The fourth-order valence-corrected chi connectivity index (χ4v) is 6.69. The van der Waals surface area contributed by atoms with E-state index in [-0.39, 0.29) is 16.7 Å². The minimum Gasteiger partial charge on any atom is -0.486 e. The van der Waals surface area contributed by atoms with Crippen molar-refractivity contribution in [1.29, 1.82) is 0 Å². The molecule has 5 rings (SSSR count). The van der Waals surface area contributed by atoms with Crippen LogP contribution < -0.4 is 14.8 Å². The number of thiophene rings is 1. The fraction of sp³-hybridized carbons (Fsp3) is 0.381. The lowest BCUT2D eigenvalue weighted by Gasteiger charge is -2.30. The summed E-state index contributed by atoms with van der Waals surface area (Å²) in [6, 6.07) is 6.76. The summed E-state index contributed by atoms with van der Waals surface area (Å²) in [5, 5.41) is 8.41. The Morgan fingerprint density at radius 2 is 2.03 bits per heavy atom. The zero-order chi connectivity index (χ0) is 23.0. The SMILES string of the molecule is Cc1nc(-c2csc(S(=O)(=O)N3CCC[C@H](C(=O)Nc4ccc5c(c4)OCCO5)C3)c2)no1. The number of amides is 1. The average molecular weight is 491 g/mol. The van der Waals surface area contributed by atoms with Gasteiger partial charge in [0, 0.05) is 42.7 Å². The van der Waals surface area contributed by atoms with Gasteiger partial charge >= 0.3 is 0 Å². The number of fused-ring (bicyclic) bond motifs is 1. The number of carbonyl (C=O) groups excluding carboxylic acids is 1. The van der Waals surface area contributed by atoms with E-state index in [1.807, 2.05) is 0 Å². The Balaban J connectivity index is 1.28. The summed E-state index contributed by atoms with van der Waals surface area (Å²) in [6.45, 7) is 3.10. The maximum atomic E-state index is 13.2. The molecule has 0 aliphatic carbocycles. The topological polar surface area (TPSA) is 124 Å². The van der Waals surface area contributed by atoms with Crippen LogP contribution in [-0.4, -0.2) is 55.1 Å². The van der Waals surface area contributed by atoms with Crippen molar-refractivity contribution in [2.24, 2.45) is 5.92 Å². The molecule has 0 radical (unpaired) electrons. The van der Waals surface area contributed by atoms with Crippen LogP contribution in [0.5, 0.6) is 11.5 Å². The Bertz CT molecular complexity index is 1290. The van der Waals surface area contributed by atoms with Gasteiger partial charge in [-0.2, -0.15) is 9.29 Å². The first-order valence-electron chi connectivity index (χ1n) is 10.5. The van der Waals surface area contributed by atoms with Crippen LogP contribution in [0.1, 0.15) is 18.7 Å². The molecule has 2 aliphatic rings. The van der Waals surface area contributed by atoms with Gasteiger partial charge in [0.1, 0.15) is 17.4 Å². The number of carbonyl (C=O) groups is 1. The molecule has 1 fully saturated rings. The van der Waals surface area contributed by atoms with Crippen molar-refractivity contribution in [2.45, 2.75) is 24.0 Å². The molecule has 12 heteroatoms. The Hall–Kier alpha value is -2.96. The molecule has 33 heavy (non-hydrogen) atoms. The minimum atomic E-state index is -3.74. The quantitative estimate of drug-likeness (QED) is 0.579. The van der Waals surface area contributed by atoms with E-state index in [2.05, 4.69) is 15.5 Å². The molecule has 4 heterocycles. The van der Waals surface area contributed by atoms with Gasteiger partial charge in [0.25, 0.3) is 10.0 Å². The van der Waals surface area contributed by atoms with Crippen LogP contribution in [0.2, 0.25) is 0 Å². The number of ether oxygens (including phenoxy) is 2. The molecule has 0 bridgehead atoms. The molecular formula is C21H22N4O6S2. The summed E-state index contributed by atoms with van der Waals surface area (Å²) >= 11 is 1.10. The third-order valence-corrected chi connectivity index (χ3v) is 8.80. The number of hydrogen-bond acceptors (Lipinski definition) is 9. The number of piperidine rings is 1. The zero-order valence-electron chi connectivity index (χ0n) is 17.8. The van der Waals surface area contributed by atoms with Crippen molar-refractivity contribution >= 4 is 33.0 Å². The lowest BCUT2D eigenvalue weighted by atomic mass is 9.98. The molecule has 174 valence electrons. The van der Waals surface area contributed by atoms with Gasteiger partial charge in [-0.15, -0.1) is 11.3 Å². The standard InChI is InChI=1S/C21H22N4O6S2/c1-13-22-20(24-31-13)15-9-19(32-12-15)33(27,28)25-6-2-3-14(11-25)21(26)23-16-4-5-17-18(10-16)30-8-7-29-17/h4-5,9-10,12,14H,2-3,6-8,11H2,1H3,(H,23,26)/t14-/m0/s1. The van der Waals surface area contributed by atoms with Gasteiger partial charge in [-0.25, -0.2) is 8.42 Å². The number of aryl methyl sites for hydroxylation is 1. The van der Waals surface area contributed by atoms with Crippen molar-refractivity contribution in [3.05, 3.63) is 35.5 Å². The molecule has 0 unspecified atom stereocenters. The molecule has 1 N–H and O–H groups in total. The first-order chi connectivity index (χ1) is 15.9. The number of aromatic nitrogens is 2. The molecule has 1 amide bonds. The number of rotatable bonds is 5. The van der Waals surface area contributed by atoms with E-state index in [0.717, 1.165) is 11.3 Å². The number of benzene rings is 1. The smallest absolute Gasteiger partial charge is 0.252 e. The minimum absolute atomic E-state index is 0.118. The van der Waals surface area contributed by atoms with Crippen molar-refractivity contribution in [2.75, 3.05) is 31.6 Å². The lowest BCUT2D eigenvalue weighted by molar-refractivity contribution is -0.120. The Morgan fingerprint density at radius 1 is 1.21 bits per heavy atom. The highest BCUT2D eigenvalue weighted by molar-refractivity contribution is 7.91. The summed E-state index contributed by atoms with van der Waals surface area (Å²) < 4.78 is 44.1. The van der Waals surface area contributed by atoms with Crippen LogP contribution in [0.15, 0.2) is 38.4 Å². The van der Waals surface area contributed by atoms with E-state index in [1.165, 1.54) is 4.31 Å². The highest BCUT2D eigenvalue weighted by atomic mass is 32.2. The van der Waals surface area contributed by atoms with E-state index in [4.69, 9.17) is 14.0 Å². The second-order valence-corrected chi connectivity index (χ2v) is 10.9. The second kappa shape index (κ2) is 8.76. The summed E-state index contributed by atoms with van der Waals surface area (Å²) in [5.41, 5.74) is 1.17. The molecule has 2 aliphatic heterocycles. The lowest BCUT2D eigenvalue weighted by Crippen LogP contribution is -2.43. The van der Waals surface area contributed by atoms with Crippen LogP contribution >= 0.6 is 11.3 Å². The average Bonchev–Trinajstić information content (AvgIpc) is 3.49. The van der Waals surface area contributed by atoms with Gasteiger partial charge in [-0.1, -0.05) is 5.16 Å². The van der Waals surface area contributed by atoms with E-state index in [9.17, 15) is 13.2 Å². The predicted molar refractivity (Wildman–Crippen MR) is 120 cm³/mol. The zero-order valence-corrected chi connectivity index (χ0v) is 19.4. The van der Waals surface area contributed by atoms with Crippen LogP contribution in [0.25, 0.3) is 11.4 Å². The monoisotopic (exact) mass is 490 g/mol. The molecule has 1 atom stereocenters. The number of anilines is 1. The van der Waals surface area contributed by atoms with Crippen molar-refractivity contribution in [1.82, 2.24) is 14.4 Å². The maximum absolute atomic E-state index is 13.2. The molecule has 1 aromatic carbocycles. The Morgan fingerprint density at radius 3 is 2.82 bits per heavy atom. The molecule has 10 nitrogen and oxygen atoms in total. The van der Waals surface area contributed by atoms with Crippen LogP contribution in [-0.2, 0) is 14.8 Å². The number of nitrogens with zero attached hydrogens (tertiary/aromatic N) is 3. The summed E-state index contributed by atoms with van der Waals surface area (Å²) in [4.78, 5) is 17.0. The van der Waals surface area contributed by atoms with Gasteiger partial charge in [-0.3, -0.25) is 4.79 Å². The summed E-state index contributed by atoms with van der Waals surface area (Å²) in [7, 11) is -3.74. The van der Waals surface area contributed by atoms with E-state index in [0.29, 0.717) is 67.1 Å². The van der Waals surface area contributed by atoms with Gasteiger partial charge in [0.2, 0.25) is 17.6 Å². The molecule has 0 spiro atoms. The molecular weight excluding hydrogens is 468 g/mol. The third kappa shape index (κ3) is 4.45. The Kier molecular flexibility index (Phi) is 5.81. The largest absolute Gasteiger partial charge is 0.486 e. The van der Waals surface area contributed by atoms with Crippen molar-refractivity contribution in [3.63, 3.8) is 0 Å².